The molecule has 0 bridgehead atoms. The summed E-state index contributed by atoms with van der Waals surface area (Å²) in [5.74, 6) is 0. The quantitative estimate of drug-likeness (QED) is 0.690. The second-order valence-electron chi connectivity index (χ2n) is 5.20. The van der Waals surface area contributed by atoms with Crippen LogP contribution < -0.4 is 11.1 Å². The Morgan fingerprint density at radius 3 is 2.57 bits per heavy atom. The fraction of sp³-hybridized carbons (Fsp3) is 0.167. The van der Waals surface area contributed by atoms with Crippen LogP contribution in [0, 0.1) is 0 Å². The molecule has 3 N–H and O–H groups in total. The van der Waals surface area contributed by atoms with E-state index >= 15 is 0 Å². The van der Waals surface area contributed by atoms with Gasteiger partial charge in [-0.05, 0) is 42.3 Å². The first-order valence-corrected chi connectivity index (χ1v) is 7.26. The highest BCUT2D eigenvalue weighted by Gasteiger charge is 2.04. The van der Waals surface area contributed by atoms with E-state index in [1.165, 1.54) is 12.0 Å². The van der Waals surface area contributed by atoms with Crippen molar-refractivity contribution in [1.82, 2.24) is 4.98 Å². The molecule has 2 aromatic carbocycles. The van der Waals surface area contributed by atoms with Crippen LogP contribution >= 0.6 is 0 Å². The van der Waals surface area contributed by atoms with Gasteiger partial charge in [0, 0.05) is 40.2 Å². The van der Waals surface area contributed by atoms with E-state index in [0.717, 1.165) is 34.3 Å². The van der Waals surface area contributed by atoms with Gasteiger partial charge in [0.15, 0.2) is 0 Å². The number of nitrogens with two attached hydrogens (primary N) is 1. The van der Waals surface area contributed by atoms with Crippen molar-refractivity contribution in [2.24, 2.45) is 0 Å². The van der Waals surface area contributed by atoms with Crippen LogP contribution in [-0.2, 0) is 6.42 Å². The number of anilines is 3. The molecular weight excluding hydrogens is 258 g/mol. The second kappa shape index (κ2) is 5.83. The maximum atomic E-state index is 6.00. The minimum atomic E-state index is 0.752. The molecule has 106 valence electrons. The van der Waals surface area contributed by atoms with E-state index in [1.54, 1.807) is 12.4 Å². The molecule has 0 amide bonds. The minimum absolute atomic E-state index is 0.752. The van der Waals surface area contributed by atoms with Gasteiger partial charge in [0.2, 0.25) is 0 Å². The Labute approximate surface area is 124 Å². The number of aryl methyl sites for hydroxylation is 1. The number of rotatable bonds is 4. The zero-order chi connectivity index (χ0) is 14.7. The van der Waals surface area contributed by atoms with Crippen LogP contribution in [0.5, 0.6) is 0 Å². The minimum Gasteiger partial charge on any atom is -0.398 e. The van der Waals surface area contributed by atoms with Gasteiger partial charge in [0.05, 0.1) is 0 Å². The SMILES string of the molecule is CCCc1ccc(Nc2ccc(N)c3cnccc23)cc1. The molecule has 0 aliphatic carbocycles. The maximum Gasteiger partial charge on any atom is 0.0466 e. The molecule has 0 spiro atoms. The number of hydrogen-bond donors (Lipinski definition) is 2. The van der Waals surface area contributed by atoms with Crippen LogP contribution in [0.2, 0.25) is 0 Å². The smallest absolute Gasteiger partial charge is 0.0466 e. The molecule has 3 nitrogen and oxygen atoms in total. The number of nitrogens with zero attached hydrogens (tertiary/aromatic N) is 1. The van der Waals surface area contributed by atoms with E-state index in [-0.39, 0.29) is 0 Å². The van der Waals surface area contributed by atoms with Crippen molar-refractivity contribution in [2.45, 2.75) is 19.8 Å². The van der Waals surface area contributed by atoms with Gasteiger partial charge in [0.25, 0.3) is 0 Å². The van der Waals surface area contributed by atoms with E-state index in [0.29, 0.717) is 0 Å². The molecule has 3 rings (SSSR count). The Morgan fingerprint density at radius 2 is 1.81 bits per heavy atom. The first-order valence-electron chi connectivity index (χ1n) is 7.26. The topological polar surface area (TPSA) is 50.9 Å². The molecule has 3 heteroatoms. The third-order valence-corrected chi connectivity index (χ3v) is 3.62. The van der Waals surface area contributed by atoms with Gasteiger partial charge < -0.3 is 11.1 Å². The number of hydrogen-bond acceptors (Lipinski definition) is 3. The number of nitrogen functional groups attached to an aromatic ring is 1. The van der Waals surface area contributed by atoms with Crippen LogP contribution in [-0.4, -0.2) is 4.98 Å². The Bertz CT molecular complexity index is 748. The molecule has 0 aliphatic heterocycles. The Hall–Kier alpha value is -2.55. The predicted molar refractivity (Wildman–Crippen MR) is 89.9 cm³/mol. The van der Waals surface area contributed by atoms with Crippen molar-refractivity contribution in [1.29, 1.82) is 0 Å². The third-order valence-electron chi connectivity index (χ3n) is 3.62. The summed E-state index contributed by atoms with van der Waals surface area (Å²) in [5.41, 5.74) is 10.3. The lowest BCUT2D eigenvalue weighted by Crippen LogP contribution is -1.95. The molecule has 0 saturated carbocycles. The molecule has 0 unspecified atom stereocenters. The van der Waals surface area contributed by atoms with Crippen LogP contribution in [0.25, 0.3) is 10.8 Å². The summed E-state index contributed by atoms with van der Waals surface area (Å²) in [6.45, 7) is 2.20. The van der Waals surface area contributed by atoms with Gasteiger partial charge in [0.1, 0.15) is 0 Å². The number of aromatic nitrogens is 1. The van der Waals surface area contributed by atoms with Gasteiger partial charge in [-0.3, -0.25) is 4.98 Å². The maximum absolute atomic E-state index is 6.00. The van der Waals surface area contributed by atoms with Crippen LogP contribution in [0.4, 0.5) is 17.1 Å². The van der Waals surface area contributed by atoms with E-state index in [2.05, 4.69) is 41.5 Å². The van der Waals surface area contributed by atoms with Gasteiger partial charge >= 0.3 is 0 Å². The Balaban J connectivity index is 1.93. The fourth-order valence-corrected chi connectivity index (χ4v) is 2.52. The standard InChI is InChI=1S/C18H19N3/c1-2-3-13-4-6-14(7-5-13)21-18-9-8-17(19)16-12-20-11-10-15(16)18/h4-12,21H,2-3,19H2,1H3. The highest BCUT2D eigenvalue weighted by Crippen LogP contribution is 2.29. The van der Waals surface area contributed by atoms with E-state index in [9.17, 15) is 0 Å². The van der Waals surface area contributed by atoms with E-state index < -0.39 is 0 Å². The summed E-state index contributed by atoms with van der Waals surface area (Å²) in [6.07, 6.45) is 5.89. The second-order valence-corrected chi connectivity index (χ2v) is 5.20. The van der Waals surface area contributed by atoms with Gasteiger partial charge in [-0.25, -0.2) is 0 Å². The van der Waals surface area contributed by atoms with Crippen molar-refractivity contribution in [3.8, 4) is 0 Å². The number of nitrogens with one attached hydrogen (secondary N) is 1. The number of pyridine rings is 1. The van der Waals surface area contributed by atoms with Crippen molar-refractivity contribution in [3.05, 3.63) is 60.4 Å². The summed E-state index contributed by atoms with van der Waals surface area (Å²) in [5, 5.41) is 5.52. The summed E-state index contributed by atoms with van der Waals surface area (Å²) < 4.78 is 0. The molecule has 0 fully saturated rings. The third kappa shape index (κ3) is 2.82. The summed E-state index contributed by atoms with van der Waals surface area (Å²) in [7, 11) is 0. The fourth-order valence-electron chi connectivity index (χ4n) is 2.52. The lowest BCUT2D eigenvalue weighted by atomic mass is 10.1. The molecule has 1 heterocycles. The monoisotopic (exact) mass is 277 g/mol. The zero-order valence-corrected chi connectivity index (χ0v) is 12.1. The molecule has 0 atom stereocenters. The highest BCUT2D eigenvalue weighted by molar-refractivity contribution is 6.01. The summed E-state index contributed by atoms with van der Waals surface area (Å²) >= 11 is 0. The molecule has 0 radical (unpaired) electrons. The summed E-state index contributed by atoms with van der Waals surface area (Å²) in [6, 6.07) is 14.5. The van der Waals surface area contributed by atoms with Crippen LogP contribution in [0.15, 0.2) is 54.9 Å². The van der Waals surface area contributed by atoms with Crippen LogP contribution in [0.1, 0.15) is 18.9 Å². The molecule has 0 saturated heterocycles. The average Bonchev–Trinajstić information content (AvgIpc) is 2.52. The summed E-state index contributed by atoms with van der Waals surface area (Å²) in [4.78, 5) is 4.15. The number of benzene rings is 2. The lowest BCUT2D eigenvalue weighted by molar-refractivity contribution is 0.922. The predicted octanol–water partition coefficient (Wildman–Crippen LogP) is 4.51. The Kier molecular flexibility index (Phi) is 3.73. The largest absolute Gasteiger partial charge is 0.398 e. The Morgan fingerprint density at radius 1 is 1.00 bits per heavy atom. The normalized spacial score (nSPS) is 10.7. The van der Waals surface area contributed by atoms with E-state index in [4.69, 9.17) is 5.73 Å². The zero-order valence-electron chi connectivity index (χ0n) is 12.1. The molecule has 21 heavy (non-hydrogen) atoms. The molecule has 3 aromatic rings. The lowest BCUT2D eigenvalue weighted by Gasteiger charge is -2.11. The van der Waals surface area contributed by atoms with Crippen molar-refractivity contribution in [3.63, 3.8) is 0 Å². The van der Waals surface area contributed by atoms with Crippen molar-refractivity contribution >= 4 is 27.8 Å². The number of fused-ring (bicyclic) bond motifs is 1. The highest BCUT2D eigenvalue weighted by atomic mass is 14.9. The first kappa shape index (κ1) is 13.4. The van der Waals surface area contributed by atoms with Gasteiger partial charge in [-0.2, -0.15) is 0 Å². The molecule has 0 aliphatic rings. The van der Waals surface area contributed by atoms with Crippen molar-refractivity contribution in [2.75, 3.05) is 11.1 Å². The molecular formula is C18H19N3. The van der Waals surface area contributed by atoms with Gasteiger partial charge in [-0.1, -0.05) is 25.5 Å². The van der Waals surface area contributed by atoms with Crippen LogP contribution in [0.3, 0.4) is 0 Å². The molecule has 1 aromatic heterocycles. The average molecular weight is 277 g/mol. The van der Waals surface area contributed by atoms with E-state index in [1.807, 2.05) is 18.2 Å². The van der Waals surface area contributed by atoms with Gasteiger partial charge in [-0.15, -0.1) is 0 Å². The first-order chi connectivity index (χ1) is 10.3. The van der Waals surface area contributed by atoms with Crippen molar-refractivity contribution < 1.29 is 0 Å².